The van der Waals surface area contributed by atoms with Gasteiger partial charge in [0.25, 0.3) is 0 Å². The normalized spacial score (nSPS) is 12.2. The molecule has 0 radical (unpaired) electrons. The Hall–Kier alpha value is -2.27. The monoisotopic (exact) mass is 344 g/mol. The molecule has 2 aromatic rings. The Bertz CT molecular complexity index is 621. The van der Waals surface area contributed by atoms with Crippen molar-refractivity contribution < 1.29 is 13.9 Å². The molecule has 0 saturated heterocycles. The molecule has 0 aliphatic heterocycles. The third-order valence-corrected chi connectivity index (χ3v) is 3.91. The minimum absolute atomic E-state index is 0.0509. The fourth-order valence-corrected chi connectivity index (χ4v) is 2.22. The van der Waals surface area contributed by atoms with E-state index in [1.807, 2.05) is 37.3 Å². The first-order chi connectivity index (χ1) is 12.0. The molecule has 2 rings (SSSR count). The minimum Gasteiger partial charge on any atom is -0.494 e. The van der Waals surface area contributed by atoms with E-state index in [-0.39, 0.29) is 11.9 Å². The van der Waals surface area contributed by atoms with Gasteiger partial charge in [0.2, 0.25) is 5.91 Å². The second-order valence-corrected chi connectivity index (χ2v) is 6.57. The van der Waals surface area contributed by atoms with Crippen LogP contribution in [0.25, 0.3) is 0 Å². The molecule has 2 N–H and O–H groups in total. The molecule has 0 saturated carbocycles. The fourth-order valence-electron chi connectivity index (χ4n) is 2.22. The van der Waals surface area contributed by atoms with Crippen LogP contribution in [0.4, 0.5) is 0 Å². The van der Waals surface area contributed by atoms with E-state index in [1.165, 1.54) is 0 Å². The first kappa shape index (κ1) is 19.1. The van der Waals surface area contributed by atoms with E-state index < -0.39 is 0 Å². The standard InChI is InChI=1S/C20H28N2O3/c1-15(2)10-12-25-18-8-6-17(7-9-18)13-21-16(3)20(23)22-14-19-5-4-11-24-19/h4-9,11,15-16,21H,10,12-14H2,1-3H3,(H,22,23). The molecule has 136 valence electrons. The van der Waals surface area contributed by atoms with Gasteiger partial charge in [0.05, 0.1) is 25.5 Å². The van der Waals surface area contributed by atoms with Crippen LogP contribution < -0.4 is 15.4 Å². The molecule has 5 nitrogen and oxygen atoms in total. The molecule has 0 bridgehead atoms. The molecule has 1 aromatic heterocycles. The number of benzene rings is 1. The molecular formula is C20H28N2O3. The topological polar surface area (TPSA) is 63.5 Å². The van der Waals surface area contributed by atoms with E-state index in [9.17, 15) is 4.79 Å². The van der Waals surface area contributed by atoms with Gasteiger partial charge < -0.3 is 19.8 Å². The van der Waals surface area contributed by atoms with Crippen LogP contribution in [0.3, 0.4) is 0 Å². The minimum atomic E-state index is -0.281. The number of furan rings is 1. The Kier molecular flexibility index (Phi) is 7.54. The van der Waals surface area contributed by atoms with Gasteiger partial charge in [0.1, 0.15) is 11.5 Å². The van der Waals surface area contributed by atoms with Gasteiger partial charge in [-0.2, -0.15) is 0 Å². The molecule has 0 aliphatic carbocycles. The van der Waals surface area contributed by atoms with Gasteiger partial charge in [-0.1, -0.05) is 26.0 Å². The maximum absolute atomic E-state index is 12.1. The average molecular weight is 344 g/mol. The second-order valence-electron chi connectivity index (χ2n) is 6.57. The average Bonchev–Trinajstić information content (AvgIpc) is 3.12. The summed E-state index contributed by atoms with van der Waals surface area (Å²) in [6, 6.07) is 11.3. The number of hydrogen-bond donors (Lipinski definition) is 2. The van der Waals surface area contributed by atoms with Crippen molar-refractivity contribution in [3.05, 3.63) is 54.0 Å². The van der Waals surface area contributed by atoms with Crippen LogP contribution in [0.1, 0.15) is 38.5 Å². The van der Waals surface area contributed by atoms with Crippen LogP contribution in [0.15, 0.2) is 47.1 Å². The number of carbonyl (C=O) groups excluding carboxylic acids is 1. The fraction of sp³-hybridized carbons (Fsp3) is 0.450. The smallest absolute Gasteiger partial charge is 0.237 e. The van der Waals surface area contributed by atoms with Gasteiger partial charge in [0.15, 0.2) is 0 Å². The molecule has 5 heteroatoms. The lowest BCUT2D eigenvalue weighted by atomic mass is 10.1. The zero-order valence-electron chi connectivity index (χ0n) is 15.2. The van der Waals surface area contributed by atoms with Crippen LogP contribution in [0.2, 0.25) is 0 Å². The Morgan fingerprint density at radius 2 is 1.88 bits per heavy atom. The van der Waals surface area contributed by atoms with Crippen LogP contribution in [-0.4, -0.2) is 18.6 Å². The first-order valence-corrected chi connectivity index (χ1v) is 8.80. The molecule has 25 heavy (non-hydrogen) atoms. The van der Waals surface area contributed by atoms with E-state index in [0.29, 0.717) is 19.0 Å². The lowest BCUT2D eigenvalue weighted by molar-refractivity contribution is -0.123. The maximum Gasteiger partial charge on any atom is 0.237 e. The van der Waals surface area contributed by atoms with Crippen molar-refractivity contribution in [1.82, 2.24) is 10.6 Å². The highest BCUT2D eigenvalue weighted by Gasteiger charge is 2.12. The van der Waals surface area contributed by atoms with Crippen molar-refractivity contribution in [2.75, 3.05) is 6.61 Å². The lowest BCUT2D eigenvalue weighted by Crippen LogP contribution is -2.41. The van der Waals surface area contributed by atoms with Crippen LogP contribution in [-0.2, 0) is 17.9 Å². The Morgan fingerprint density at radius 3 is 2.52 bits per heavy atom. The molecule has 0 spiro atoms. The quantitative estimate of drug-likeness (QED) is 0.692. The van der Waals surface area contributed by atoms with Gasteiger partial charge in [-0.15, -0.1) is 0 Å². The predicted octanol–water partition coefficient (Wildman–Crippen LogP) is 3.50. The first-order valence-electron chi connectivity index (χ1n) is 8.80. The summed E-state index contributed by atoms with van der Waals surface area (Å²) in [6.07, 6.45) is 2.65. The van der Waals surface area contributed by atoms with Crippen molar-refractivity contribution >= 4 is 5.91 Å². The van der Waals surface area contributed by atoms with Gasteiger partial charge >= 0.3 is 0 Å². The molecule has 1 unspecified atom stereocenters. The molecular weight excluding hydrogens is 316 g/mol. The number of rotatable bonds is 10. The number of nitrogens with one attached hydrogen (secondary N) is 2. The van der Waals surface area contributed by atoms with E-state index in [4.69, 9.17) is 9.15 Å². The maximum atomic E-state index is 12.1. The summed E-state index contributed by atoms with van der Waals surface area (Å²) in [6.45, 7) is 7.99. The summed E-state index contributed by atoms with van der Waals surface area (Å²) in [5, 5.41) is 6.07. The third kappa shape index (κ3) is 7.01. The van der Waals surface area contributed by atoms with Crippen LogP contribution >= 0.6 is 0 Å². The van der Waals surface area contributed by atoms with Gasteiger partial charge in [-0.3, -0.25) is 4.79 Å². The Balaban J connectivity index is 1.69. The van der Waals surface area contributed by atoms with Crippen LogP contribution in [0.5, 0.6) is 5.75 Å². The SMILES string of the molecule is CC(C)CCOc1ccc(CNC(C)C(=O)NCc2ccco2)cc1. The van der Waals surface area contributed by atoms with Crippen molar-refractivity contribution in [2.24, 2.45) is 5.92 Å². The molecule has 1 aromatic carbocycles. The van der Waals surface area contributed by atoms with Crippen molar-refractivity contribution in [3.63, 3.8) is 0 Å². The third-order valence-electron chi connectivity index (χ3n) is 3.91. The van der Waals surface area contributed by atoms with E-state index in [0.717, 1.165) is 30.1 Å². The van der Waals surface area contributed by atoms with Gasteiger partial charge in [-0.25, -0.2) is 0 Å². The lowest BCUT2D eigenvalue weighted by Gasteiger charge is -2.14. The molecule has 0 fully saturated rings. The predicted molar refractivity (Wildman–Crippen MR) is 98.2 cm³/mol. The number of hydrogen-bond acceptors (Lipinski definition) is 4. The summed E-state index contributed by atoms with van der Waals surface area (Å²) >= 11 is 0. The summed E-state index contributed by atoms with van der Waals surface area (Å²) in [4.78, 5) is 12.1. The molecule has 1 atom stereocenters. The Morgan fingerprint density at radius 1 is 1.12 bits per heavy atom. The van der Waals surface area contributed by atoms with Crippen LogP contribution in [0, 0.1) is 5.92 Å². The highest BCUT2D eigenvalue weighted by molar-refractivity contribution is 5.81. The summed E-state index contributed by atoms with van der Waals surface area (Å²) in [5.74, 6) is 2.22. The van der Waals surface area contributed by atoms with Gasteiger partial charge in [0, 0.05) is 6.54 Å². The van der Waals surface area contributed by atoms with Gasteiger partial charge in [-0.05, 0) is 49.1 Å². The highest BCUT2D eigenvalue weighted by Crippen LogP contribution is 2.13. The highest BCUT2D eigenvalue weighted by atomic mass is 16.5. The molecule has 1 amide bonds. The second kappa shape index (κ2) is 9.89. The zero-order chi connectivity index (χ0) is 18.1. The molecule has 0 aliphatic rings. The van der Waals surface area contributed by atoms with Crippen molar-refractivity contribution in [2.45, 2.75) is 46.3 Å². The number of carbonyl (C=O) groups is 1. The Labute approximate surface area is 149 Å². The van der Waals surface area contributed by atoms with Crippen molar-refractivity contribution in [1.29, 1.82) is 0 Å². The van der Waals surface area contributed by atoms with E-state index >= 15 is 0 Å². The number of amides is 1. The number of ether oxygens (including phenoxy) is 1. The molecule has 1 heterocycles. The zero-order valence-corrected chi connectivity index (χ0v) is 15.2. The summed E-state index contributed by atoms with van der Waals surface area (Å²) in [5.41, 5.74) is 1.11. The van der Waals surface area contributed by atoms with E-state index in [2.05, 4.69) is 24.5 Å². The largest absolute Gasteiger partial charge is 0.494 e. The van der Waals surface area contributed by atoms with E-state index in [1.54, 1.807) is 12.3 Å². The van der Waals surface area contributed by atoms with Crippen molar-refractivity contribution in [3.8, 4) is 5.75 Å². The summed E-state index contributed by atoms with van der Waals surface area (Å²) in [7, 11) is 0. The summed E-state index contributed by atoms with van der Waals surface area (Å²) < 4.78 is 10.9.